The van der Waals surface area contributed by atoms with E-state index >= 15 is 0 Å². The van der Waals surface area contributed by atoms with Gasteiger partial charge < -0.3 is 14.3 Å². The lowest BCUT2D eigenvalue weighted by molar-refractivity contribution is 0.0916. The molecule has 1 saturated carbocycles. The van der Waals surface area contributed by atoms with Gasteiger partial charge in [0, 0.05) is 17.6 Å². The van der Waals surface area contributed by atoms with Crippen LogP contribution >= 0.6 is 0 Å². The molecule has 5 heteroatoms. The highest BCUT2D eigenvalue weighted by Crippen LogP contribution is 2.38. The Morgan fingerprint density at radius 1 is 1.10 bits per heavy atom. The quantitative estimate of drug-likeness (QED) is 0.601. The third kappa shape index (κ3) is 4.14. The molecule has 1 aromatic carbocycles. The number of hydrogen-bond acceptors (Lipinski definition) is 3. The van der Waals surface area contributed by atoms with Gasteiger partial charge in [-0.1, -0.05) is 49.1 Å². The fourth-order valence-corrected chi connectivity index (χ4v) is 4.08. The molecule has 1 aliphatic rings. The number of aryl methyl sites for hydroxylation is 1. The van der Waals surface area contributed by atoms with Gasteiger partial charge in [-0.3, -0.25) is 4.79 Å². The molecule has 0 saturated heterocycles. The molecule has 0 unspecified atom stereocenters. The molecule has 5 nitrogen and oxygen atoms in total. The lowest BCUT2D eigenvalue weighted by Crippen LogP contribution is -2.29. The second kappa shape index (κ2) is 8.27. The molecule has 1 amide bonds. The minimum atomic E-state index is -0.188. The van der Waals surface area contributed by atoms with Crippen LogP contribution in [0.25, 0.3) is 22.7 Å². The van der Waals surface area contributed by atoms with Gasteiger partial charge in [0.15, 0.2) is 11.5 Å². The molecule has 1 N–H and O–H groups in total. The topological polar surface area (TPSA) is 60.1 Å². The molecule has 4 rings (SSSR count). The van der Waals surface area contributed by atoms with Crippen LogP contribution < -0.4 is 5.32 Å². The van der Waals surface area contributed by atoms with Gasteiger partial charge in [0.05, 0.1) is 12.0 Å². The standard InChI is InChI=1S/C24H29N3O2/c1-16(2)26-24(28)21-14-13-20(29-21)23-22(18-11-9-17(3)10-12-18)25-15-27(23)19-7-5-4-6-8-19/h9-16,19H,4-8H2,1-3H3,(H,26,28). The average Bonchev–Trinajstić information content (AvgIpc) is 3.36. The fraction of sp³-hybridized carbons (Fsp3) is 0.417. The highest BCUT2D eigenvalue weighted by Gasteiger charge is 2.25. The number of amides is 1. The lowest BCUT2D eigenvalue weighted by atomic mass is 9.95. The Morgan fingerprint density at radius 2 is 1.83 bits per heavy atom. The van der Waals surface area contributed by atoms with E-state index in [9.17, 15) is 4.79 Å². The van der Waals surface area contributed by atoms with Crippen molar-refractivity contribution in [3.05, 3.63) is 54.0 Å². The molecule has 0 spiro atoms. The minimum Gasteiger partial charge on any atom is -0.449 e. The summed E-state index contributed by atoms with van der Waals surface area (Å²) in [5.74, 6) is 0.837. The average molecular weight is 392 g/mol. The van der Waals surface area contributed by atoms with Crippen molar-refractivity contribution in [2.45, 2.75) is 65.0 Å². The van der Waals surface area contributed by atoms with E-state index in [2.05, 4.69) is 41.1 Å². The number of benzene rings is 1. The number of nitrogens with one attached hydrogen (secondary N) is 1. The second-order valence-corrected chi connectivity index (χ2v) is 8.30. The number of carbonyl (C=O) groups excluding carboxylic acids is 1. The van der Waals surface area contributed by atoms with Crippen molar-refractivity contribution < 1.29 is 9.21 Å². The molecule has 0 radical (unpaired) electrons. The van der Waals surface area contributed by atoms with E-state index in [1.165, 1.54) is 24.8 Å². The van der Waals surface area contributed by atoms with E-state index in [0.717, 1.165) is 29.8 Å². The summed E-state index contributed by atoms with van der Waals surface area (Å²) in [6.45, 7) is 5.96. The summed E-state index contributed by atoms with van der Waals surface area (Å²) in [5, 5.41) is 2.89. The molecule has 29 heavy (non-hydrogen) atoms. The minimum absolute atomic E-state index is 0.0620. The second-order valence-electron chi connectivity index (χ2n) is 8.30. The molecule has 0 aliphatic heterocycles. The van der Waals surface area contributed by atoms with E-state index in [-0.39, 0.29) is 11.9 Å². The molecule has 0 bridgehead atoms. The van der Waals surface area contributed by atoms with Crippen LogP contribution in [0.5, 0.6) is 0 Å². The highest BCUT2D eigenvalue weighted by atomic mass is 16.4. The molecule has 1 aliphatic carbocycles. The first kappa shape index (κ1) is 19.5. The van der Waals surface area contributed by atoms with Gasteiger partial charge in [-0.2, -0.15) is 0 Å². The monoisotopic (exact) mass is 391 g/mol. The van der Waals surface area contributed by atoms with E-state index in [0.29, 0.717) is 17.6 Å². The van der Waals surface area contributed by atoms with Crippen molar-refractivity contribution in [1.29, 1.82) is 0 Å². The maximum Gasteiger partial charge on any atom is 0.287 e. The van der Waals surface area contributed by atoms with Crippen molar-refractivity contribution >= 4 is 5.91 Å². The zero-order valence-electron chi connectivity index (χ0n) is 17.4. The largest absolute Gasteiger partial charge is 0.449 e. The number of furan rings is 1. The Kier molecular flexibility index (Phi) is 5.56. The number of hydrogen-bond donors (Lipinski definition) is 1. The molecule has 2 aromatic heterocycles. The van der Waals surface area contributed by atoms with Gasteiger partial charge in [0.25, 0.3) is 5.91 Å². The summed E-state index contributed by atoms with van der Waals surface area (Å²) in [7, 11) is 0. The molecular formula is C24H29N3O2. The summed E-state index contributed by atoms with van der Waals surface area (Å²) in [4.78, 5) is 17.2. The third-order valence-corrected chi connectivity index (χ3v) is 5.57. The van der Waals surface area contributed by atoms with Gasteiger partial charge in [0.2, 0.25) is 0 Å². The van der Waals surface area contributed by atoms with Gasteiger partial charge >= 0.3 is 0 Å². The number of imidazole rings is 1. The van der Waals surface area contributed by atoms with Crippen LogP contribution in [0.1, 0.15) is 68.1 Å². The van der Waals surface area contributed by atoms with Crippen LogP contribution in [0.15, 0.2) is 47.1 Å². The first-order chi connectivity index (χ1) is 14.0. The van der Waals surface area contributed by atoms with Crippen LogP contribution in [-0.4, -0.2) is 21.5 Å². The van der Waals surface area contributed by atoms with Crippen LogP contribution in [-0.2, 0) is 0 Å². The van der Waals surface area contributed by atoms with Crippen LogP contribution in [0.2, 0.25) is 0 Å². The predicted molar refractivity (Wildman–Crippen MR) is 115 cm³/mol. The van der Waals surface area contributed by atoms with Crippen molar-refractivity contribution in [3.8, 4) is 22.7 Å². The number of nitrogens with zero attached hydrogens (tertiary/aromatic N) is 2. The summed E-state index contributed by atoms with van der Waals surface area (Å²) in [6, 6.07) is 12.5. The third-order valence-electron chi connectivity index (χ3n) is 5.57. The summed E-state index contributed by atoms with van der Waals surface area (Å²) in [5.41, 5.74) is 4.14. The Bertz CT molecular complexity index is 976. The van der Waals surface area contributed by atoms with E-state index in [1.807, 2.05) is 26.2 Å². The SMILES string of the molecule is Cc1ccc(-c2ncn(C3CCCCC3)c2-c2ccc(C(=O)NC(C)C)o2)cc1. The summed E-state index contributed by atoms with van der Waals surface area (Å²) < 4.78 is 8.30. The smallest absolute Gasteiger partial charge is 0.287 e. The van der Waals surface area contributed by atoms with E-state index in [4.69, 9.17) is 9.40 Å². The normalized spacial score (nSPS) is 15.0. The van der Waals surface area contributed by atoms with Gasteiger partial charge in [0.1, 0.15) is 5.69 Å². The van der Waals surface area contributed by atoms with Crippen LogP contribution in [0, 0.1) is 6.92 Å². The van der Waals surface area contributed by atoms with E-state index in [1.54, 1.807) is 6.07 Å². The van der Waals surface area contributed by atoms with Gasteiger partial charge in [-0.05, 0) is 45.7 Å². The van der Waals surface area contributed by atoms with Crippen molar-refractivity contribution in [1.82, 2.24) is 14.9 Å². The molecule has 1 fully saturated rings. The van der Waals surface area contributed by atoms with Crippen molar-refractivity contribution in [2.75, 3.05) is 0 Å². The first-order valence-corrected chi connectivity index (χ1v) is 10.6. The Balaban J connectivity index is 1.77. The number of rotatable bonds is 5. The zero-order chi connectivity index (χ0) is 20.4. The predicted octanol–water partition coefficient (Wildman–Crippen LogP) is 5.76. The maximum absolute atomic E-state index is 12.4. The molecule has 0 atom stereocenters. The molecule has 2 heterocycles. The summed E-state index contributed by atoms with van der Waals surface area (Å²) in [6.07, 6.45) is 8.02. The van der Waals surface area contributed by atoms with Crippen LogP contribution in [0.4, 0.5) is 0 Å². The molecule has 152 valence electrons. The molecular weight excluding hydrogens is 362 g/mol. The molecule has 3 aromatic rings. The Labute approximate surface area is 172 Å². The lowest BCUT2D eigenvalue weighted by Gasteiger charge is -2.24. The number of carbonyl (C=O) groups is 1. The van der Waals surface area contributed by atoms with E-state index < -0.39 is 0 Å². The zero-order valence-corrected chi connectivity index (χ0v) is 17.4. The first-order valence-electron chi connectivity index (χ1n) is 10.6. The van der Waals surface area contributed by atoms with Gasteiger partial charge in [-0.15, -0.1) is 0 Å². The summed E-state index contributed by atoms with van der Waals surface area (Å²) >= 11 is 0. The maximum atomic E-state index is 12.4. The van der Waals surface area contributed by atoms with Crippen molar-refractivity contribution in [2.24, 2.45) is 0 Å². The highest BCUT2D eigenvalue weighted by molar-refractivity contribution is 5.92. The van der Waals surface area contributed by atoms with Crippen molar-refractivity contribution in [3.63, 3.8) is 0 Å². The Hall–Kier alpha value is -2.82. The van der Waals surface area contributed by atoms with Gasteiger partial charge in [-0.25, -0.2) is 4.98 Å². The van der Waals surface area contributed by atoms with Crippen LogP contribution in [0.3, 0.4) is 0 Å². The number of aromatic nitrogens is 2. The fourth-order valence-electron chi connectivity index (χ4n) is 4.08. The Morgan fingerprint density at radius 3 is 2.52 bits per heavy atom.